The van der Waals surface area contributed by atoms with Gasteiger partial charge in [0, 0.05) is 24.9 Å². The van der Waals surface area contributed by atoms with Gasteiger partial charge in [0.05, 0.1) is 17.8 Å². The minimum Gasteiger partial charge on any atom is -0.466 e. The quantitative estimate of drug-likeness (QED) is 0.745. The van der Waals surface area contributed by atoms with Crippen LogP contribution in [0.3, 0.4) is 0 Å². The van der Waals surface area contributed by atoms with E-state index in [0.717, 1.165) is 34.8 Å². The standard InChI is InChI=1S/C20H23N3O3S/c1-12-8-14-15(9-20(2,3)10-16(14)26-12)22-17(24)4-6-23-11-21-18-13(19(23)25)5-7-27-18/h5,7-8,11,15H,4,6,9-10H2,1-3H3,(H,22,24). The van der Waals surface area contributed by atoms with E-state index in [1.807, 2.05) is 18.4 Å². The van der Waals surface area contributed by atoms with Gasteiger partial charge in [0.15, 0.2) is 0 Å². The Bertz CT molecular complexity index is 1060. The van der Waals surface area contributed by atoms with Gasteiger partial charge in [0.25, 0.3) is 5.56 Å². The number of furan rings is 1. The van der Waals surface area contributed by atoms with Gasteiger partial charge in [0.1, 0.15) is 16.4 Å². The zero-order valence-corrected chi connectivity index (χ0v) is 16.6. The van der Waals surface area contributed by atoms with Gasteiger partial charge in [-0.3, -0.25) is 14.2 Å². The van der Waals surface area contributed by atoms with Crippen LogP contribution in [0.5, 0.6) is 0 Å². The summed E-state index contributed by atoms with van der Waals surface area (Å²) in [6, 6.07) is 3.75. The maximum Gasteiger partial charge on any atom is 0.262 e. The average molecular weight is 385 g/mol. The summed E-state index contributed by atoms with van der Waals surface area (Å²) in [5.41, 5.74) is 1.05. The van der Waals surface area contributed by atoms with Crippen LogP contribution in [0, 0.1) is 12.3 Å². The summed E-state index contributed by atoms with van der Waals surface area (Å²) in [5.74, 6) is 1.77. The molecule has 1 aliphatic carbocycles. The molecule has 0 saturated heterocycles. The van der Waals surface area contributed by atoms with Crippen LogP contribution in [0.25, 0.3) is 10.2 Å². The number of hydrogen-bond acceptors (Lipinski definition) is 5. The molecule has 4 rings (SSSR count). The number of fused-ring (bicyclic) bond motifs is 2. The second kappa shape index (κ2) is 6.64. The molecule has 3 aromatic heterocycles. The van der Waals surface area contributed by atoms with Crippen molar-refractivity contribution in [1.29, 1.82) is 0 Å². The summed E-state index contributed by atoms with van der Waals surface area (Å²) in [4.78, 5) is 30.0. The summed E-state index contributed by atoms with van der Waals surface area (Å²) >= 11 is 1.44. The molecular formula is C20H23N3O3S. The molecule has 0 radical (unpaired) electrons. The van der Waals surface area contributed by atoms with Crippen molar-refractivity contribution in [2.24, 2.45) is 5.41 Å². The first-order chi connectivity index (χ1) is 12.8. The lowest BCUT2D eigenvalue weighted by Crippen LogP contribution is -2.36. The smallest absolute Gasteiger partial charge is 0.262 e. The van der Waals surface area contributed by atoms with Crippen LogP contribution in [0.2, 0.25) is 0 Å². The van der Waals surface area contributed by atoms with E-state index in [1.54, 1.807) is 6.07 Å². The highest BCUT2D eigenvalue weighted by molar-refractivity contribution is 7.16. The van der Waals surface area contributed by atoms with Crippen molar-refractivity contribution in [3.05, 3.63) is 51.3 Å². The van der Waals surface area contributed by atoms with Crippen molar-refractivity contribution >= 4 is 27.5 Å². The van der Waals surface area contributed by atoms with Crippen LogP contribution >= 0.6 is 11.3 Å². The molecule has 0 bridgehead atoms. The van der Waals surface area contributed by atoms with Crippen molar-refractivity contribution < 1.29 is 9.21 Å². The number of nitrogens with zero attached hydrogens (tertiary/aromatic N) is 2. The summed E-state index contributed by atoms with van der Waals surface area (Å²) < 4.78 is 7.33. The molecule has 1 aliphatic rings. The lowest BCUT2D eigenvalue weighted by Gasteiger charge is -2.34. The van der Waals surface area contributed by atoms with E-state index in [0.29, 0.717) is 11.9 Å². The zero-order valence-electron chi connectivity index (χ0n) is 15.7. The van der Waals surface area contributed by atoms with Crippen molar-refractivity contribution in [3.63, 3.8) is 0 Å². The highest BCUT2D eigenvalue weighted by Crippen LogP contribution is 2.42. The molecule has 6 nitrogen and oxygen atoms in total. The summed E-state index contributed by atoms with van der Waals surface area (Å²) in [6.45, 7) is 6.63. The number of aryl methyl sites for hydroxylation is 2. The molecule has 142 valence electrons. The lowest BCUT2D eigenvalue weighted by atomic mass is 9.74. The first-order valence-electron chi connectivity index (χ1n) is 9.14. The molecule has 0 saturated carbocycles. The maximum absolute atomic E-state index is 12.6. The minimum absolute atomic E-state index is 0.0529. The van der Waals surface area contributed by atoms with Crippen molar-refractivity contribution in [1.82, 2.24) is 14.9 Å². The lowest BCUT2D eigenvalue weighted by molar-refractivity contribution is -0.122. The molecule has 0 fully saturated rings. The highest BCUT2D eigenvalue weighted by Gasteiger charge is 2.35. The van der Waals surface area contributed by atoms with Crippen molar-refractivity contribution in [2.75, 3.05) is 0 Å². The second-order valence-corrected chi connectivity index (χ2v) is 8.93. The molecule has 7 heteroatoms. The Morgan fingerprint density at radius 3 is 3.11 bits per heavy atom. The third-order valence-corrected chi connectivity index (χ3v) is 5.92. The fourth-order valence-electron chi connectivity index (χ4n) is 3.85. The third-order valence-electron chi connectivity index (χ3n) is 5.10. The van der Waals surface area contributed by atoms with Crippen LogP contribution < -0.4 is 10.9 Å². The maximum atomic E-state index is 12.6. The first-order valence-corrected chi connectivity index (χ1v) is 10.0. The molecule has 27 heavy (non-hydrogen) atoms. The number of nitrogens with one attached hydrogen (secondary N) is 1. The predicted octanol–water partition coefficient (Wildman–Crippen LogP) is 3.58. The molecule has 0 spiro atoms. The van der Waals surface area contributed by atoms with E-state index in [1.165, 1.54) is 22.2 Å². The molecule has 0 aromatic carbocycles. The van der Waals surface area contributed by atoms with Crippen LogP contribution in [0.4, 0.5) is 0 Å². The number of rotatable bonds is 4. The monoisotopic (exact) mass is 385 g/mol. The molecular weight excluding hydrogens is 362 g/mol. The first kappa shape index (κ1) is 18.0. The van der Waals surface area contributed by atoms with E-state index < -0.39 is 0 Å². The SMILES string of the molecule is Cc1cc2c(o1)CC(C)(C)CC2NC(=O)CCn1cnc2sccc2c1=O. The van der Waals surface area contributed by atoms with Crippen molar-refractivity contribution in [2.45, 2.75) is 52.6 Å². The fourth-order valence-corrected chi connectivity index (χ4v) is 4.58. The van der Waals surface area contributed by atoms with E-state index in [9.17, 15) is 9.59 Å². The Morgan fingerprint density at radius 1 is 1.48 bits per heavy atom. The van der Waals surface area contributed by atoms with Crippen molar-refractivity contribution in [3.8, 4) is 0 Å². The zero-order chi connectivity index (χ0) is 19.2. The Hall–Kier alpha value is -2.41. The summed E-state index contributed by atoms with van der Waals surface area (Å²) in [5, 5.41) is 5.59. The van der Waals surface area contributed by atoms with Gasteiger partial charge in [-0.05, 0) is 36.3 Å². The molecule has 3 heterocycles. The molecule has 1 unspecified atom stereocenters. The second-order valence-electron chi connectivity index (χ2n) is 8.03. The molecule has 3 aromatic rings. The van der Waals surface area contributed by atoms with Gasteiger partial charge in [-0.1, -0.05) is 13.8 Å². The van der Waals surface area contributed by atoms with Crippen LogP contribution in [0.1, 0.15) is 49.8 Å². The van der Waals surface area contributed by atoms with Crippen LogP contribution in [-0.4, -0.2) is 15.5 Å². The molecule has 1 N–H and O–H groups in total. The minimum atomic E-state index is -0.0967. The number of hydrogen-bond donors (Lipinski definition) is 1. The fraction of sp³-hybridized carbons (Fsp3) is 0.450. The number of thiophene rings is 1. The highest BCUT2D eigenvalue weighted by atomic mass is 32.1. The van der Waals surface area contributed by atoms with Gasteiger partial charge in [-0.25, -0.2) is 4.98 Å². The van der Waals surface area contributed by atoms with Gasteiger partial charge in [0.2, 0.25) is 5.91 Å². The number of carbonyl (C=O) groups is 1. The average Bonchev–Trinajstić information content (AvgIpc) is 3.19. The largest absolute Gasteiger partial charge is 0.466 e. The predicted molar refractivity (Wildman–Crippen MR) is 105 cm³/mol. The number of aromatic nitrogens is 2. The van der Waals surface area contributed by atoms with Gasteiger partial charge in [-0.2, -0.15) is 0 Å². The van der Waals surface area contributed by atoms with E-state index >= 15 is 0 Å². The molecule has 1 atom stereocenters. The summed E-state index contributed by atoms with van der Waals surface area (Å²) in [6.07, 6.45) is 3.51. The normalized spacial score (nSPS) is 18.4. The summed E-state index contributed by atoms with van der Waals surface area (Å²) in [7, 11) is 0. The van der Waals surface area contributed by atoms with E-state index in [-0.39, 0.29) is 29.3 Å². The van der Waals surface area contributed by atoms with Gasteiger partial charge in [-0.15, -0.1) is 11.3 Å². The van der Waals surface area contributed by atoms with Crippen LogP contribution in [-0.2, 0) is 17.8 Å². The van der Waals surface area contributed by atoms with Crippen LogP contribution in [0.15, 0.2) is 33.1 Å². The Balaban J connectivity index is 1.46. The molecule has 0 aliphatic heterocycles. The van der Waals surface area contributed by atoms with E-state index in [4.69, 9.17) is 4.42 Å². The third kappa shape index (κ3) is 3.56. The Morgan fingerprint density at radius 2 is 2.30 bits per heavy atom. The van der Waals surface area contributed by atoms with Gasteiger partial charge >= 0.3 is 0 Å². The Labute approximate surface area is 161 Å². The van der Waals surface area contributed by atoms with Gasteiger partial charge < -0.3 is 9.73 Å². The topological polar surface area (TPSA) is 77.1 Å². The number of carbonyl (C=O) groups excluding carboxylic acids is 1. The molecule has 1 amide bonds. The number of amides is 1. The Kier molecular flexibility index (Phi) is 4.42. The van der Waals surface area contributed by atoms with E-state index in [2.05, 4.69) is 24.1 Å².